The maximum Gasteiger partial charge on any atom is 0.344 e. The van der Waals surface area contributed by atoms with E-state index in [9.17, 15) is 4.79 Å². The van der Waals surface area contributed by atoms with Gasteiger partial charge < -0.3 is 9.99 Å². The second kappa shape index (κ2) is 4.72. The highest BCUT2D eigenvalue weighted by Crippen LogP contribution is 2.18. The number of hydrogen-bond donors (Lipinski definition) is 1. The monoisotopic (exact) mass is 243 g/mol. The number of benzene rings is 1. The van der Waals surface area contributed by atoms with Crippen molar-refractivity contribution in [2.75, 3.05) is 18.1 Å². The fourth-order valence-corrected chi connectivity index (χ4v) is 2.53. The zero-order valence-electron chi connectivity index (χ0n) is 10.3. The van der Waals surface area contributed by atoms with E-state index in [1.165, 1.54) is 6.42 Å². The Balaban J connectivity index is 2.03. The highest BCUT2D eigenvalue weighted by Gasteiger charge is 2.16. The molecule has 0 bridgehead atoms. The normalized spacial score (nSPS) is 15.9. The molecule has 1 saturated heterocycles. The number of aromatic amines is 1. The molecule has 0 saturated carbocycles. The molecule has 3 rings (SSSR count). The molecule has 0 aliphatic carbocycles. The Morgan fingerprint density at radius 2 is 1.72 bits per heavy atom. The van der Waals surface area contributed by atoms with Gasteiger partial charge in [0.25, 0.3) is 0 Å². The average Bonchev–Trinajstić information content (AvgIpc) is 2.83. The van der Waals surface area contributed by atoms with Gasteiger partial charge in [0.2, 0.25) is 0 Å². The summed E-state index contributed by atoms with van der Waals surface area (Å²) < 4.78 is 1.79. The van der Waals surface area contributed by atoms with Gasteiger partial charge in [-0.15, -0.1) is 0 Å². The van der Waals surface area contributed by atoms with Gasteiger partial charge in [-0.3, -0.25) is 0 Å². The lowest BCUT2D eigenvalue weighted by atomic mass is 10.1. The van der Waals surface area contributed by atoms with E-state index >= 15 is 0 Å². The molecule has 0 spiro atoms. The summed E-state index contributed by atoms with van der Waals surface area (Å²) in [6.45, 7) is 1.91. The van der Waals surface area contributed by atoms with Crippen molar-refractivity contribution in [3.8, 4) is 11.3 Å². The highest BCUT2D eigenvalue weighted by atomic mass is 16.2. The Kier molecular flexibility index (Phi) is 2.92. The summed E-state index contributed by atoms with van der Waals surface area (Å²) in [6, 6.07) is 10.0. The molecule has 2 heterocycles. The van der Waals surface area contributed by atoms with Gasteiger partial charge >= 0.3 is 5.69 Å². The molecule has 1 aliphatic heterocycles. The molecule has 0 atom stereocenters. The first-order valence-electron chi connectivity index (χ1n) is 6.47. The number of piperidine rings is 1. The molecule has 0 unspecified atom stereocenters. The number of hydrogen-bond acceptors (Lipinski definition) is 2. The fraction of sp³-hybridized carbons (Fsp3) is 0.357. The van der Waals surface area contributed by atoms with Gasteiger partial charge in [-0.05, 0) is 19.3 Å². The van der Waals surface area contributed by atoms with E-state index in [2.05, 4.69) is 9.99 Å². The van der Waals surface area contributed by atoms with Crippen LogP contribution in [0.3, 0.4) is 0 Å². The lowest BCUT2D eigenvalue weighted by molar-refractivity contribution is 0.473. The summed E-state index contributed by atoms with van der Waals surface area (Å²) in [6.07, 6.45) is 5.38. The van der Waals surface area contributed by atoms with E-state index in [0.717, 1.165) is 37.2 Å². The second-order valence-electron chi connectivity index (χ2n) is 4.67. The number of nitrogens with one attached hydrogen (secondary N) is 1. The summed E-state index contributed by atoms with van der Waals surface area (Å²) >= 11 is 0. The Bertz CT molecular complexity index is 564. The smallest absolute Gasteiger partial charge is 0.311 e. The number of rotatable bonds is 2. The third kappa shape index (κ3) is 1.94. The van der Waals surface area contributed by atoms with Crippen LogP contribution in [-0.2, 0) is 0 Å². The van der Waals surface area contributed by atoms with Gasteiger partial charge in [0, 0.05) is 24.8 Å². The zero-order chi connectivity index (χ0) is 12.4. The molecule has 1 fully saturated rings. The Morgan fingerprint density at radius 3 is 2.44 bits per heavy atom. The van der Waals surface area contributed by atoms with Crippen LogP contribution in [0.2, 0.25) is 0 Å². The van der Waals surface area contributed by atoms with Crippen LogP contribution in [0.4, 0.5) is 0 Å². The number of aromatic nitrogens is 2. The molecule has 18 heavy (non-hydrogen) atoms. The van der Waals surface area contributed by atoms with Crippen molar-refractivity contribution < 1.29 is 0 Å². The van der Waals surface area contributed by atoms with E-state index in [4.69, 9.17) is 0 Å². The minimum absolute atomic E-state index is 0.0456. The van der Waals surface area contributed by atoms with Crippen molar-refractivity contribution in [1.82, 2.24) is 9.66 Å². The van der Waals surface area contributed by atoms with Crippen molar-refractivity contribution >= 4 is 0 Å². The van der Waals surface area contributed by atoms with Crippen LogP contribution < -0.4 is 10.7 Å². The van der Waals surface area contributed by atoms with Crippen molar-refractivity contribution in [1.29, 1.82) is 0 Å². The minimum Gasteiger partial charge on any atom is -0.311 e. The molecule has 94 valence electrons. The lowest BCUT2D eigenvalue weighted by Gasteiger charge is -2.30. The molecule has 4 nitrogen and oxygen atoms in total. The fourth-order valence-electron chi connectivity index (χ4n) is 2.53. The van der Waals surface area contributed by atoms with Crippen LogP contribution in [0.5, 0.6) is 0 Å². The van der Waals surface area contributed by atoms with Crippen LogP contribution in [0.1, 0.15) is 19.3 Å². The molecule has 4 heteroatoms. The third-order valence-corrected chi connectivity index (χ3v) is 3.44. The lowest BCUT2D eigenvalue weighted by Crippen LogP contribution is -2.44. The molecule has 1 aliphatic rings. The van der Waals surface area contributed by atoms with Crippen LogP contribution in [0, 0.1) is 0 Å². The largest absolute Gasteiger partial charge is 0.344 e. The quantitative estimate of drug-likeness (QED) is 0.876. The maximum absolute atomic E-state index is 12.0. The number of nitrogens with zero attached hydrogens (tertiary/aromatic N) is 2. The molecule has 1 aromatic carbocycles. The summed E-state index contributed by atoms with van der Waals surface area (Å²) in [7, 11) is 0. The first kappa shape index (κ1) is 11.1. The predicted molar refractivity (Wildman–Crippen MR) is 72.3 cm³/mol. The summed E-state index contributed by atoms with van der Waals surface area (Å²) in [5, 5.41) is 2.14. The maximum atomic E-state index is 12.0. The molecule has 0 radical (unpaired) electrons. The Morgan fingerprint density at radius 1 is 1.00 bits per heavy atom. The first-order chi connectivity index (χ1) is 8.86. The number of H-pyrrole nitrogens is 1. The van der Waals surface area contributed by atoms with Gasteiger partial charge in [-0.2, -0.15) is 0 Å². The molecule has 2 aromatic rings. The van der Waals surface area contributed by atoms with Gasteiger partial charge in [0.15, 0.2) is 0 Å². The second-order valence-corrected chi connectivity index (χ2v) is 4.67. The van der Waals surface area contributed by atoms with Crippen LogP contribution in [0.15, 0.2) is 41.3 Å². The topological polar surface area (TPSA) is 41.0 Å². The van der Waals surface area contributed by atoms with E-state index < -0.39 is 0 Å². The summed E-state index contributed by atoms with van der Waals surface area (Å²) in [5.74, 6) is 0. The standard InChI is InChI=1S/C14H17N3O/c18-14-15-11-13(12-7-3-1-4-8-12)17(14)16-9-5-2-6-10-16/h1,3-4,7-8,11H,2,5-6,9-10H2,(H,15,18). The first-order valence-corrected chi connectivity index (χ1v) is 6.47. The van der Waals surface area contributed by atoms with Crippen molar-refractivity contribution in [2.24, 2.45) is 0 Å². The molecule has 0 amide bonds. The average molecular weight is 243 g/mol. The summed E-state index contributed by atoms with van der Waals surface area (Å²) in [5.41, 5.74) is 1.97. The molecular weight excluding hydrogens is 226 g/mol. The molecule has 1 N–H and O–H groups in total. The number of imidazole rings is 1. The third-order valence-electron chi connectivity index (χ3n) is 3.44. The minimum atomic E-state index is -0.0456. The van der Waals surface area contributed by atoms with E-state index in [0.29, 0.717) is 0 Å². The SMILES string of the molecule is O=c1[nH]cc(-c2ccccc2)n1N1CCCCC1. The van der Waals surface area contributed by atoms with Crippen molar-refractivity contribution in [3.05, 3.63) is 47.0 Å². The zero-order valence-corrected chi connectivity index (χ0v) is 10.3. The van der Waals surface area contributed by atoms with E-state index in [1.54, 1.807) is 10.9 Å². The highest BCUT2D eigenvalue weighted by molar-refractivity contribution is 5.59. The van der Waals surface area contributed by atoms with Crippen molar-refractivity contribution in [2.45, 2.75) is 19.3 Å². The molecule has 1 aromatic heterocycles. The van der Waals surface area contributed by atoms with Crippen LogP contribution >= 0.6 is 0 Å². The van der Waals surface area contributed by atoms with Gasteiger partial charge in [0.1, 0.15) is 0 Å². The van der Waals surface area contributed by atoms with Crippen LogP contribution in [-0.4, -0.2) is 22.7 Å². The Labute approximate surface area is 106 Å². The predicted octanol–water partition coefficient (Wildman–Crippen LogP) is 1.97. The molecular formula is C14H17N3O. The summed E-state index contributed by atoms with van der Waals surface area (Å²) in [4.78, 5) is 14.8. The van der Waals surface area contributed by atoms with Gasteiger partial charge in [-0.1, -0.05) is 30.3 Å². The van der Waals surface area contributed by atoms with E-state index in [1.807, 2.05) is 30.3 Å². The van der Waals surface area contributed by atoms with Crippen molar-refractivity contribution in [3.63, 3.8) is 0 Å². The van der Waals surface area contributed by atoms with Gasteiger partial charge in [0.05, 0.1) is 5.69 Å². The van der Waals surface area contributed by atoms with E-state index in [-0.39, 0.29) is 5.69 Å². The Hall–Kier alpha value is -1.97. The van der Waals surface area contributed by atoms with Crippen LogP contribution in [0.25, 0.3) is 11.3 Å². The van der Waals surface area contributed by atoms with Gasteiger partial charge in [-0.25, -0.2) is 9.47 Å².